The fraction of sp³-hybridized carbons (Fsp3) is 0.261. The number of methoxy groups -OCH3 is 3. The summed E-state index contributed by atoms with van der Waals surface area (Å²) in [7, 11) is 5.00. The quantitative estimate of drug-likeness (QED) is 0.620. The van der Waals surface area contributed by atoms with Gasteiger partial charge in [-0.1, -0.05) is 18.2 Å². The summed E-state index contributed by atoms with van der Waals surface area (Å²) in [5.41, 5.74) is 4.09. The number of aromatic nitrogens is 1. The summed E-state index contributed by atoms with van der Waals surface area (Å²) in [4.78, 5) is 4.47. The molecule has 1 aromatic heterocycles. The second-order valence-corrected chi connectivity index (χ2v) is 6.49. The highest BCUT2D eigenvalue weighted by Gasteiger charge is 2.11. The third-order valence-corrected chi connectivity index (χ3v) is 4.71. The molecule has 0 aliphatic heterocycles. The molecule has 1 atom stereocenters. The Balaban J connectivity index is 1.79. The number of pyridine rings is 1. The Labute approximate surface area is 166 Å². The largest absolute Gasteiger partial charge is 0.497 e. The lowest BCUT2D eigenvalue weighted by atomic mass is 10.0. The maximum absolute atomic E-state index is 5.53. The van der Waals surface area contributed by atoms with Crippen LogP contribution in [0.15, 0.2) is 60.8 Å². The first-order valence-corrected chi connectivity index (χ1v) is 9.19. The van der Waals surface area contributed by atoms with E-state index in [1.165, 1.54) is 5.56 Å². The van der Waals surface area contributed by atoms with E-state index in [1.54, 1.807) is 27.5 Å². The van der Waals surface area contributed by atoms with E-state index in [-0.39, 0.29) is 6.04 Å². The zero-order chi connectivity index (χ0) is 19.9. The van der Waals surface area contributed by atoms with Crippen LogP contribution >= 0.6 is 0 Å². The van der Waals surface area contributed by atoms with Crippen LogP contribution in [0.25, 0.3) is 11.3 Å². The molecule has 1 N–H and O–H groups in total. The van der Waals surface area contributed by atoms with Gasteiger partial charge in [0.2, 0.25) is 0 Å². The van der Waals surface area contributed by atoms with Gasteiger partial charge in [0, 0.05) is 30.4 Å². The molecule has 0 saturated carbocycles. The van der Waals surface area contributed by atoms with Gasteiger partial charge >= 0.3 is 0 Å². The lowest BCUT2D eigenvalue weighted by molar-refractivity contribution is 0.412. The topological polar surface area (TPSA) is 52.6 Å². The van der Waals surface area contributed by atoms with E-state index in [1.807, 2.05) is 30.3 Å². The molecule has 0 aliphatic carbocycles. The number of nitrogens with zero attached hydrogens (tertiary/aromatic N) is 1. The van der Waals surface area contributed by atoms with Crippen LogP contribution in [-0.4, -0.2) is 26.3 Å². The summed E-state index contributed by atoms with van der Waals surface area (Å²) in [6.07, 6.45) is 1.74. The normalized spacial score (nSPS) is 11.7. The van der Waals surface area contributed by atoms with Crippen molar-refractivity contribution in [1.82, 2.24) is 10.3 Å². The number of nitrogens with one attached hydrogen (secondary N) is 1. The van der Waals surface area contributed by atoms with Gasteiger partial charge in [-0.3, -0.25) is 4.98 Å². The first-order chi connectivity index (χ1) is 13.6. The van der Waals surface area contributed by atoms with Gasteiger partial charge in [0.05, 0.1) is 27.0 Å². The van der Waals surface area contributed by atoms with Crippen LogP contribution in [-0.2, 0) is 6.54 Å². The Hall–Kier alpha value is -3.05. The van der Waals surface area contributed by atoms with E-state index in [4.69, 9.17) is 14.2 Å². The monoisotopic (exact) mass is 378 g/mol. The Morgan fingerprint density at radius 2 is 1.68 bits per heavy atom. The number of hydrogen-bond acceptors (Lipinski definition) is 5. The van der Waals surface area contributed by atoms with Crippen LogP contribution in [0.2, 0.25) is 0 Å². The van der Waals surface area contributed by atoms with E-state index >= 15 is 0 Å². The van der Waals surface area contributed by atoms with E-state index in [9.17, 15) is 0 Å². The average molecular weight is 378 g/mol. The van der Waals surface area contributed by atoms with Crippen molar-refractivity contribution in [2.24, 2.45) is 0 Å². The smallest absolute Gasteiger partial charge is 0.128 e. The molecule has 1 heterocycles. The third kappa shape index (κ3) is 4.61. The molecule has 0 spiro atoms. The fourth-order valence-corrected chi connectivity index (χ4v) is 3.05. The van der Waals surface area contributed by atoms with Crippen molar-refractivity contribution in [2.75, 3.05) is 21.3 Å². The van der Waals surface area contributed by atoms with Crippen LogP contribution in [0.5, 0.6) is 17.2 Å². The second kappa shape index (κ2) is 9.24. The summed E-state index contributed by atoms with van der Waals surface area (Å²) in [6.45, 7) is 2.86. The highest BCUT2D eigenvalue weighted by molar-refractivity contribution is 5.69. The molecule has 0 saturated heterocycles. The summed E-state index contributed by atoms with van der Waals surface area (Å²) >= 11 is 0. The van der Waals surface area contributed by atoms with Gasteiger partial charge in [-0.05, 0) is 48.4 Å². The van der Waals surface area contributed by atoms with Crippen molar-refractivity contribution >= 4 is 0 Å². The van der Waals surface area contributed by atoms with E-state index < -0.39 is 0 Å². The molecule has 28 heavy (non-hydrogen) atoms. The minimum atomic E-state index is 0.190. The summed E-state index contributed by atoms with van der Waals surface area (Å²) < 4.78 is 16.2. The van der Waals surface area contributed by atoms with E-state index in [2.05, 4.69) is 41.5 Å². The van der Waals surface area contributed by atoms with Gasteiger partial charge in [-0.15, -0.1) is 0 Å². The number of benzene rings is 2. The Bertz CT molecular complexity index is 927. The molecule has 5 nitrogen and oxygen atoms in total. The van der Waals surface area contributed by atoms with Crippen molar-refractivity contribution in [3.8, 4) is 28.5 Å². The van der Waals surface area contributed by atoms with Crippen LogP contribution < -0.4 is 19.5 Å². The third-order valence-electron chi connectivity index (χ3n) is 4.71. The number of rotatable bonds is 8. The molecule has 0 bridgehead atoms. The van der Waals surface area contributed by atoms with Gasteiger partial charge in [0.1, 0.15) is 17.2 Å². The zero-order valence-electron chi connectivity index (χ0n) is 16.7. The van der Waals surface area contributed by atoms with Crippen LogP contribution in [0.1, 0.15) is 24.1 Å². The van der Waals surface area contributed by atoms with E-state index in [0.717, 1.165) is 40.6 Å². The summed E-state index contributed by atoms with van der Waals surface area (Å²) in [6, 6.07) is 18.2. The molecule has 3 rings (SSSR count). The lowest BCUT2D eigenvalue weighted by Crippen LogP contribution is -2.18. The second-order valence-electron chi connectivity index (χ2n) is 6.49. The van der Waals surface area contributed by atoms with Gasteiger partial charge in [-0.2, -0.15) is 0 Å². The van der Waals surface area contributed by atoms with Crippen molar-refractivity contribution in [3.05, 3.63) is 71.9 Å². The van der Waals surface area contributed by atoms with Crippen molar-refractivity contribution in [3.63, 3.8) is 0 Å². The molecule has 5 heteroatoms. The molecule has 0 radical (unpaired) electrons. The van der Waals surface area contributed by atoms with Gasteiger partial charge in [0.25, 0.3) is 0 Å². The average Bonchev–Trinajstić information content (AvgIpc) is 2.77. The maximum atomic E-state index is 5.53. The van der Waals surface area contributed by atoms with Crippen molar-refractivity contribution in [2.45, 2.75) is 19.5 Å². The molecule has 146 valence electrons. The molecule has 0 amide bonds. The Kier molecular flexibility index (Phi) is 6.50. The lowest BCUT2D eigenvalue weighted by Gasteiger charge is -2.16. The minimum absolute atomic E-state index is 0.190. The Morgan fingerprint density at radius 1 is 0.893 bits per heavy atom. The van der Waals surface area contributed by atoms with Gasteiger partial charge in [0.15, 0.2) is 0 Å². The molecule has 3 aromatic rings. The number of hydrogen-bond donors (Lipinski definition) is 1. The van der Waals surface area contributed by atoms with Crippen LogP contribution in [0, 0.1) is 0 Å². The molecular weight excluding hydrogens is 352 g/mol. The SMILES string of the molecule is COc1cccc([C@@H](C)NCc2ccc(OC)c(-c3cc(OC)ccn3)c2)c1. The molecule has 0 aliphatic rings. The predicted octanol–water partition coefficient (Wildman–Crippen LogP) is 4.63. The first-order valence-electron chi connectivity index (χ1n) is 9.19. The van der Waals surface area contributed by atoms with Crippen LogP contribution in [0.3, 0.4) is 0 Å². The highest BCUT2D eigenvalue weighted by atomic mass is 16.5. The molecule has 0 fully saturated rings. The predicted molar refractivity (Wildman–Crippen MR) is 111 cm³/mol. The molecule has 2 aromatic carbocycles. The Morgan fingerprint density at radius 3 is 2.43 bits per heavy atom. The zero-order valence-corrected chi connectivity index (χ0v) is 16.7. The fourth-order valence-electron chi connectivity index (χ4n) is 3.05. The van der Waals surface area contributed by atoms with Crippen LogP contribution in [0.4, 0.5) is 0 Å². The molecule has 0 unspecified atom stereocenters. The summed E-state index contributed by atoms with van der Waals surface area (Å²) in [5.74, 6) is 2.41. The van der Waals surface area contributed by atoms with E-state index in [0.29, 0.717) is 0 Å². The van der Waals surface area contributed by atoms with Crippen molar-refractivity contribution < 1.29 is 14.2 Å². The maximum Gasteiger partial charge on any atom is 0.128 e. The number of ether oxygens (including phenoxy) is 3. The first kappa shape index (κ1) is 19.7. The minimum Gasteiger partial charge on any atom is -0.497 e. The standard InChI is InChI=1S/C23H26N2O3/c1-16(18-6-5-7-19(13-18)26-2)25-15-17-8-9-23(28-4)21(12-17)22-14-20(27-3)10-11-24-22/h5-14,16,25H,15H2,1-4H3/t16-/m1/s1. The van der Waals surface area contributed by atoms with Gasteiger partial charge < -0.3 is 19.5 Å². The van der Waals surface area contributed by atoms with Crippen molar-refractivity contribution in [1.29, 1.82) is 0 Å². The van der Waals surface area contributed by atoms with Gasteiger partial charge in [-0.25, -0.2) is 0 Å². The molecular formula is C23H26N2O3. The highest BCUT2D eigenvalue weighted by Crippen LogP contribution is 2.31. The summed E-state index contributed by atoms with van der Waals surface area (Å²) in [5, 5.41) is 3.56.